The van der Waals surface area contributed by atoms with E-state index in [2.05, 4.69) is 10.3 Å². The van der Waals surface area contributed by atoms with Gasteiger partial charge in [-0.3, -0.25) is 4.98 Å². The van der Waals surface area contributed by atoms with Crippen molar-refractivity contribution in [2.45, 2.75) is 25.9 Å². The summed E-state index contributed by atoms with van der Waals surface area (Å²) in [5.41, 5.74) is 8.75. The second-order valence-electron chi connectivity index (χ2n) is 7.32. The quantitative estimate of drug-likeness (QED) is 0.586. The number of urea groups is 1. The normalized spacial score (nSPS) is 13.3. The number of anilines is 2. The molecule has 0 atom stereocenters. The highest BCUT2D eigenvalue weighted by atomic mass is 19.3. The third kappa shape index (κ3) is 3.80. The van der Waals surface area contributed by atoms with Gasteiger partial charge in [0.25, 0.3) is 5.92 Å². The van der Waals surface area contributed by atoms with Crippen molar-refractivity contribution in [3.8, 4) is 11.1 Å². The fourth-order valence-corrected chi connectivity index (χ4v) is 3.41. The molecule has 1 aliphatic rings. The third-order valence-corrected chi connectivity index (χ3v) is 5.10. The summed E-state index contributed by atoms with van der Waals surface area (Å²) in [5.74, 6) is -3.92. The van der Waals surface area contributed by atoms with Gasteiger partial charge in [-0.2, -0.15) is 0 Å². The molecule has 8 heteroatoms. The minimum Gasteiger partial charge on any atom is -0.397 e. The lowest BCUT2D eigenvalue weighted by atomic mass is 10.00. The number of rotatable bonds is 3. The predicted octanol–water partition coefficient (Wildman–Crippen LogP) is 5.13. The van der Waals surface area contributed by atoms with E-state index in [-0.39, 0.29) is 11.6 Å². The number of nitrogens with one attached hydrogen (secondary N) is 1. The molecule has 0 fully saturated rings. The minimum absolute atomic E-state index is 0.137. The van der Waals surface area contributed by atoms with E-state index in [1.54, 1.807) is 23.4 Å². The molecule has 154 valence electrons. The van der Waals surface area contributed by atoms with E-state index in [1.165, 1.54) is 24.3 Å². The fourth-order valence-electron chi connectivity index (χ4n) is 3.41. The first kappa shape index (κ1) is 19.8. The summed E-state index contributed by atoms with van der Waals surface area (Å²) in [4.78, 5) is 18.4. The second kappa shape index (κ2) is 7.37. The van der Waals surface area contributed by atoms with E-state index >= 15 is 0 Å². The highest BCUT2D eigenvalue weighted by molar-refractivity contribution is 5.94. The smallest absolute Gasteiger partial charge is 0.322 e. The van der Waals surface area contributed by atoms with Gasteiger partial charge in [0.2, 0.25) is 0 Å². The largest absolute Gasteiger partial charge is 0.397 e. The molecular weight excluding hydrogens is 393 g/mol. The number of amides is 2. The Morgan fingerprint density at radius 2 is 1.90 bits per heavy atom. The van der Waals surface area contributed by atoms with Gasteiger partial charge in [-0.05, 0) is 41.0 Å². The molecule has 1 aliphatic heterocycles. The Morgan fingerprint density at radius 3 is 2.60 bits per heavy atom. The molecule has 0 radical (unpaired) electrons. The van der Waals surface area contributed by atoms with E-state index in [0.717, 1.165) is 17.2 Å². The zero-order valence-electron chi connectivity index (χ0n) is 16.1. The van der Waals surface area contributed by atoms with Crippen LogP contribution in [0.2, 0.25) is 0 Å². The molecule has 0 aliphatic carbocycles. The van der Waals surface area contributed by atoms with Crippen LogP contribution in [0.25, 0.3) is 11.1 Å². The summed E-state index contributed by atoms with van der Waals surface area (Å²) < 4.78 is 41.4. The topological polar surface area (TPSA) is 71.2 Å². The number of alkyl halides is 2. The monoisotopic (exact) mass is 412 g/mol. The number of hydrogen-bond donors (Lipinski definition) is 2. The van der Waals surface area contributed by atoms with Crippen molar-refractivity contribution in [2.75, 3.05) is 11.1 Å². The number of nitrogens with zero attached hydrogens (tertiary/aromatic N) is 2. The predicted molar refractivity (Wildman–Crippen MR) is 108 cm³/mol. The van der Waals surface area contributed by atoms with Crippen LogP contribution in [0.3, 0.4) is 0 Å². The van der Waals surface area contributed by atoms with Crippen molar-refractivity contribution in [3.63, 3.8) is 0 Å². The van der Waals surface area contributed by atoms with E-state index < -0.39 is 17.3 Å². The summed E-state index contributed by atoms with van der Waals surface area (Å²) in [5, 5.41) is 2.75. The van der Waals surface area contributed by atoms with E-state index in [9.17, 15) is 18.0 Å². The molecule has 3 N–H and O–H groups in total. The van der Waals surface area contributed by atoms with Gasteiger partial charge in [-0.15, -0.1) is 0 Å². The SMILES string of the molecule is CC(F)(F)c1ccc(-c2ccc(N)c(NC(=O)N3Cc4ccncc4C3)c2)c(F)c1. The summed E-state index contributed by atoms with van der Waals surface area (Å²) in [6, 6.07) is 9.45. The molecule has 0 saturated carbocycles. The molecule has 5 nitrogen and oxygen atoms in total. The number of nitrogens with two attached hydrogens (primary N) is 1. The molecule has 1 aromatic heterocycles. The Labute approximate surface area is 171 Å². The maximum atomic E-state index is 14.5. The van der Waals surface area contributed by atoms with Gasteiger partial charge in [0.05, 0.1) is 11.4 Å². The standard InChI is InChI=1S/C22H19F3N4O/c1-22(24,25)16-3-4-17(18(23)9-16)13-2-5-19(26)20(8-13)28-21(30)29-11-14-6-7-27-10-15(14)12-29/h2-10H,11-12,26H2,1H3,(H,28,30). The molecule has 0 spiro atoms. The number of nitrogen functional groups attached to an aromatic ring is 1. The van der Waals surface area contributed by atoms with Gasteiger partial charge in [0, 0.05) is 43.5 Å². The fraction of sp³-hybridized carbons (Fsp3) is 0.182. The molecular formula is C22H19F3N4O. The maximum Gasteiger partial charge on any atom is 0.322 e. The Kier molecular flexibility index (Phi) is 4.85. The third-order valence-electron chi connectivity index (χ3n) is 5.10. The Morgan fingerprint density at radius 1 is 1.13 bits per heavy atom. The first-order valence-electron chi connectivity index (χ1n) is 9.28. The van der Waals surface area contributed by atoms with Crippen LogP contribution in [0.15, 0.2) is 54.9 Å². The lowest BCUT2D eigenvalue weighted by Crippen LogP contribution is -2.30. The van der Waals surface area contributed by atoms with Gasteiger partial charge in [0.15, 0.2) is 0 Å². The highest BCUT2D eigenvalue weighted by Gasteiger charge is 2.26. The highest BCUT2D eigenvalue weighted by Crippen LogP contribution is 2.33. The Balaban J connectivity index is 1.56. The van der Waals surface area contributed by atoms with Crippen LogP contribution in [0.1, 0.15) is 23.6 Å². The molecule has 0 saturated heterocycles. The van der Waals surface area contributed by atoms with Crippen molar-refractivity contribution < 1.29 is 18.0 Å². The van der Waals surface area contributed by atoms with Gasteiger partial charge in [-0.1, -0.05) is 18.2 Å². The van der Waals surface area contributed by atoms with Crippen LogP contribution >= 0.6 is 0 Å². The molecule has 2 aromatic carbocycles. The molecule has 30 heavy (non-hydrogen) atoms. The first-order valence-corrected chi connectivity index (χ1v) is 9.28. The van der Waals surface area contributed by atoms with Crippen molar-refractivity contribution >= 4 is 17.4 Å². The second-order valence-corrected chi connectivity index (χ2v) is 7.32. The van der Waals surface area contributed by atoms with Crippen LogP contribution in [0.4, 0.5) is 29.3 Å². The number of halogens is 3. The van der Waals surface area contributed by atoms with Crippen molar-refractivity contribution in [1.29, 1.82) is 0 Å². The van der Waals surface area contributed by atoms with Crippen LogP contribution in [0, 0.1) is 5.82 Å². The number of pyridine rings is 1. The maximum absolute atomic E-state index is 14.5. The molecule has 0 unspecified atom stereocenters. The number of carbonyl (C=O) groups is 1. The van der Waals surface area contributed by atoms with Crippen molar-refractivity contribution in [3.05, 3.63) is 77.4 Å². The molecule has 0 bridgehead atoms. The van der Waals surface area contributed by atoms with Gasteiger partial charge in [-0.25, -0.2) is 18.0 Å². The van der Waals surface area contributed by atoms with Crippen LogP contribution in [-0.4, -0.2) is 15.9 Å². The Bertz CT molecular complexity index is 1100. The summed E-state index contributed by atoms with van der Waals surface area (Å²) in [6.07, 6.45) is 3.40. The summed E-state index contributed by atoms with van der Waals surface area (Å²) in [6.45, 7) is 1.59. The van der Waals surface area contributed by atoms with Crippen LogP contribution < -0.4 is 11.1 Å². The van der Waals surface area contributed by atoms with Crippen LogP contribution in [0.5, 0.6) is 0 Å². The molecule has 2 amide bonds. The first-order chi connectivity index (χ1) is 14.2. The number of aromatic nitrogens is 1. The zero-order chi connectivity index (χ0) is 21.5. The average molecular weight is 412 g/mol. The van der Waals surface area contributed by atoms with E-state index in [4.69, 9.17) is 5.73 Å². The number of fused-ring (bicyclic) bond motifs is 1. The molecule has 4 rings (SSSR count). The Hall–Kier alpha value is -3.55. The lowest BCUT2D eigenvalue weighted by molar-refractivity contribution is 0.0172. The zero-order valence-corrected chi connectivity index (χ0v) is 16.1. The van der Waals surface area contributed by atoms with Gasteiger partial charge >= 0.3 is 6.03 Å². The number of hydrogen-bond acceptors (Lipinski definition) is 3. The van der Waals surface area contributed by atoms with E-state index in [1.807, 2.05) is 6.07 Å². The number of benzene rings is 2. The number of carbonyl (C=O) groups excluding carboxylic acids is 1. The molecule has 3 aromatic rings. The summed E-state index contributed by atoms with van der Waals surface area (Å²) >= 11 is 0. The lowest BCUT2D eigenvalue weighted by Gasteiger charge is -2.18. The minimum atomic E-state index is -3.14. The average Bonchev–Trinajstić information content (AvgIpc) is 3.13. The summed E-state index contributed by atoms with van der Waals surface area (Å²) in [7, 11) is 0. The molecule has 2 heterocycles. The van der Waals surface area contributed by atoms with Crippen molar-refractivity contribution in [2.24, 2.45) is 0 Å². The van der Waals surface area contributed by atoms with Crippen LogP contribution in [-0.2, 0) is 19.0 Å². The van der Waals surface area contributed by atoms with Crippen molar-refractivity contribution in [1.82, 2.24) is 9.88 Å². The van der Waals surface area contributed by atoms with Gasteiger partial charge < -0.3 is 16.0 Å². The van der Waals surface area contributed by atoms with Gasteiger partial charge in [0.1, 0.15) is 5.82 Å². The van der Waals surface area contributed by atoms with E-state index in [0.29, 0.717) is 37.0 Å².